The first-order chi connectivity index (χ1) is 8.50. The molecule has 1 nitrogen and oxygen atoms in total. The maximum atomic E-state index is 13.7. The van der Waals surface area contributed by atoms with Gasteiger partial charge in [0.15, 0.2) is 17.4 Å². The van der Waals surface area contributed by atoms with E-state index in [1.165, 1.54) is 18.2 Å². The SMILES string of the molecule is O=C(c1ccc(F)c(F)c1)c1cccc(Br)c1F. The van der Waals surface area contributed by atoms with Crippen LogP contribution in [-0.2, 0) is 0 Å². The predicted octanol–water partition coefficient (Wildman–Crippen LogP) is 4.10. The highest BCUT2D eigenvalue weighted by atomic mass is 79.9. The van der Waals surface area contributed by atoms with Gasteiger partial charge in [0.05, 0.1) is 10.0 Å². The van der Waals surface area contributed by atoms with Gasteiger partial charge in [-0.3, -0.25) is 4.79 Å². The lowest BCUT2D eigenvalue weighted by molar-refractivity contribution is 0.103. The molecule has 0 fully saturated rings. The first kappa shape index (κ1) is 12.8. The van der Waals surface area contributed by atoms with Gasteiger partial charge in [-0.1, -0.05) is 6.07 Å². The minimum Gasteiger partial charge on any atom is -0.288 e. The van der Waals surface area contributed by atoms with Crippen molar-refractivity contribution in [3.8, 4) is 0 Å². The quantitative estimate of drug-likeness (QED) is 0.763. The molecular formula is C13H6BrF3O. The monoisotopic (exact) mass is 314 g/mol. The van der Waals surface area contributed by atoms with E-state index in [9.17, 15) is 18.0 Å². The Morgan fingerprint density at radius 2 is 1.72 bits per heavy atom. The summed E-state index contributed by atoms with van der Waals surface area (Å²) in [6.45, 7) is 0. The highest BCUT2D eigenvalue weighted by molar-refractivity contribution is 9.10. The Kier molecular flexibility index (Phi) is 3.52. The van der Waals surface area contributed by atoms with Crippen LogP contribution in [0.1, 0.15) is 15.9 Å². The summed E-state index contributed by atoms with van der Waals surface area (Å²) in [4.78, 5) is 11.9. The minimum absolute atomic E-state index is 0.106. The van der Waals surface area contributed by atoms with Crippen LogP contribution in [0.4, 0.5) is 13.2 Å². The number of hydrogen-bond acceptors (Lipinski definition) is 1. The molecule has 0 heterocycles. The van der Waals surface area contributed by atoms with Crippen LogP contribution in [0.3, 0.4) is 0 Å². The van der Waals surface area contributed by atoms with E-state index < -0.39 is 23.2 Å². The van der Waals surface area contributed by atoms with Crippen molar-refractivity contribution < 1.29 is 18.0 Å². The standard InChI is InChI=1S/C13H6BrF3O/c14-9-3-1-2-8(12(9)17)13(18)7-4-5-10(15)11(16)6-7/h1-6H. The van der Waals surface area contributed by atoms with E-state index >= 15 is 0 Å². The zero-order valence-electron chi connectivity index (χ0n) is 8.88. The number of benzene rings is 2. The fraction of sp³-hybridized carbons (Fsp3) is 0. The average molecular weight is 315 g/mol. The summed E-state index contributed by atoms with van der Waals surface area (Å²) < 4.78 is 39.6. The van der Waals surface area contributed by atoms with Crippen LogP contribution in [0.2, 0.25) is 0 Å². The number of hydrogen-bond donors (Lipinski definition) is 0. The Morgan fingerprint density at radius 1 is 1.00 bits per heavy atom. The largest absolute Gasteiger partial charge is 0.288 e. The maximum absolute atomic E-state index is 13.7. The third kappa shape index (κ3) is 2.31. The van der Waals surface area contributed by atoms with Crippen LogP contribution in [-0.4, -0.2) is 5.78 Å². The van der Waals surface area contributed by atoms with Crippen molar-refractivity contribution >= 4 is 21.7 Å². The summed E-state index contributed by atoms with van der Waals surface area (Å²) in [6.07, 6.45) is 0. The molecular weight excluding hydrogens is 309 g/mol. The van der Waals surface area contributed by atoms with Gasteiger partial charge in [-0.2, -0.15) is 0 Å². The fourth-order valence-electron chi connectivity index (χ4n) is 1.47. The van der Waals surface area contributed by atoms with Crippen LogP contribution >= 0.6 is 15.9 Å². The molecule has 0 spiro atoms. The van der Waals surface area contributed by atoms with Gasteiger partial charge in [-0.25, -0.2) is 13.2 Å². The molecule has 2 aromatic carbocycles. The molecule has 0 atom stereocenters. The Morgan fingerprint density at radius 3 is 2.39 bits per heavy atom. The summed E-state index contributed by atoms with van der Waals surface area (Å²) in [5, 5.41) is 0. The third-order valence-electron chi connectivity index (χ3n) is 2.38. The van der Waals surface area contributed by atoms with Crippen molar-refractivity contribution in [2.75, 3.05) is 0 Å². The van der Waals surface area contributed by atoms with Crippen LogP contribution in [0.5, 0.6) is 0 Å². The molecule has 0 aliphatic heterocycles. The molecule has 0 aromatic heterocycles. The first-order valence-electron chi connectivity index (χ1n) is 4.94. The molecule has 0 unspecified atom stereocenters. The molecule has 92 valence electrons. The number of ketones is 1. The zero-order chi connectivity index (χ0) is 13.3. The zero-order valence-corrected chi connectivity index (χ0v) is 10.5. The lowest BCUT2D eigenvalue weighted by atomic mass is 10.0. The summed E-state index contributed by atoms with van der Waals surface area (Å²) in [7, 11) is 0. The molecule has 0 aliphatic carbocycles. The van der Waals surface area contributed by atoms with E-state index in [0.717, 1.165) is 18.2 Å². The van der Waals surface area contributed by atoms with E-state index in [-0.39, 0.29) is 15.6 Å². The van der Waals surface area contributed by atoms with Crippen molar-refractivity contribution in [3.05, 3.63) is 69.4 Å². The molecule has 0 saturated heterocycles. The second kappa shape index (κ2) is 4.94. The highest BCUT2D eigenvalue weighted by Crippen LogP contribution is 2.21. The lowest BCUT2D eigenvalue weighted by Gasteiger charge is -2.04. The molecule has 0 amide bonds. The van der Waals surface area contributed by atoms with E-state index in [2.05, 4.69) is 15.9 Å². The van der Waals surface area contributed by atoms with Crippen LogP contribution in [0.25, 0.3) is 0 Å². The van der Waals surface area contributed by atoms with Crippen molar-refractivity contribution in [1.29, 1.82) is 0 Å². The minimum atomic E-state index is -1.14. The van der Waals surface area contributed by atoms with Crippen molar-refractivity contribution in [2.24, 2.45) is 0 Å². The van der Waals surface area contributed by atoms with Crippen LogP contribution in [0, 0.1) is 17.5 Å². The molecule has 0 N–H and O–H groups in total. The molecule has 0 bridgehead atoms. The molecule has 0 aliphatic rings. The normalized spacial score (nSPS) is 10.4. The lowest BCUT2D eigenvalue weighted by Crippen LogP contribution is -2.05. The molecule has 18 heavy (non-hydrogen) atoms. The van der Waals surface area contributed by atoms with Gasteiger partial charge in [0.1, 0.15) is 5.82 Å². The molecule has 0 saturated carbocycles. The first-order valence-corrected chi connectivity index (χ1v) is 5.74. The van der Waals surface area contributed by atoms with E-state index in [0.29, 0.717) is 0 Å². The number of carbonyl (C=O) groups excluding carboxylic acids is 1. The summed E-state index contributed by atoms with van der Waals surface area (Å²) >= 11 is 2.95. The molecule has 2 aromatic rings. The Hall–Kier alpha value is -1.62. The van der Waals surface area contributed by atoms with Gasteiger partial charge in [0.2, 0.25) is 0 Å². The van der Waals surface area contributed by atoms with E-state index in [1.807, 2.05) is 0 Å². The second-order valence-electron chi connectivity index (χ2n) is 3.56. The van der Waals surface area contributed by atoms with Crippen LogP contribution in [0.15, 0.2) is 40.9 Å². The highest BCUT2D eigenvalue weighted by Gasteiger charge is 2.17. The van der Waals surface area contributed by atoms with E-state index in [1.54, 1.807) is 0 Å². The summed E-state index contributed by atoms with van der Waals surface area (Å²) in [5.74, 6) is -3.63. The van der Waals surface area contributed by atoms with E-state index in [4.69, 9.17) is 0 Å². The molecule has 0 radical (unpaired) electrons. The molecule has 5 heteroatoms. The molecule has 2 rings (SSSR count). The Balaban J connectivity index is 2.48. The number of rotatable bonds is 2. The Bertz CT molecular complexity index is 626. The van der Waals surface area contributed by atoms with Crippen molar-refractivity contribution in [1.82, 2.24) is 0 Å². The third-order valence-corrected chi connectivity index (χ3v) is 2.99. The van der Waals surface area contributed by atoms with Gasteiger partial charge in [-0.15, -0.1) is 0 Å². The van der Waals surface area contributed by atoms with Gasteiger partial charge in [0.25, 0.3) is 0 Å². The Labute approximate surface area is 109 Å². The topological polar surface area (TPSA) is 17.1 Å². The summed E-state index contributed by atoms with van der Waals surface area (Å²) in [5.41, 5.74) is -0.304. The smallest absolute Gasteiger partial charge is 0.196 e. The average Bonchev–Trinajstić information content (AvgIpc) is 2.35. The maximum Gasteiger partial charge on any atom is 0.196 e. The fourth-order valence-corrected chi connectivity index (χ4v) is 1.84. The van der Waals surface area contributed by atoms with Gasteiger partial charge in [0, 0.05) is 5.56 Å². The second-order valence-corrected chi connectivity index (χ2v) is 4.41. The number of halogens is 4. The van der Waals surface area contributed by atoms with Crippen molar-refractivity contribution in [3.63, 3.8) is 0 Å². The van der Waals surface area contributed by atoms with Gasteiger partial charge >= 0.3 is 0 Å². The summed E-state index contributed by atoms with van der Waals surface area (Å²) in [6, 6.07) is 6.90. The van der Waals surface area contributed by atoms with Crippen LogP contribution < -0.4 is 0 Å². The predicted molar refractivity (Wildman–Crippen MR) is 63.9 cm³/mol. The van der Waals surface area contributed by atoms with Crippen molar-refractivity contribution in [2.45, 2.75) is 0 Å². The van der Waals surface area contributed by atoms with Gasteiger partial charge in [-0.05, 0) is 46.3 Å². The number of carbonyl (C=O) groups is 1. The van der Waals surface area contributed by atoms with Gasteiger partial charge < -0.3 is 0 Å².